The number of hydrogen-bond donors (Lipinski definition) is 0. The van der Waals surface area contributed by atoms with Crippen molar-refractivity contribution in [3.05, 3.63) is 98.2 Å². The number of halogens is 2. The van der Waals surface area contributed by atoms with E-state index in [0.717, 1.165) is 5.56 Å². The molecule has 10 heteroatoms. The van der Waals surface area contributed by atoms with E-state index >= 15 is 0 Å². The fraction of sp³-hybridized carbons (Fsp3) is 0.0909. The number of furan rings is 1. The summed E-state index contributed by atoms with van der Waals surface area (Å²) in [6, 6.07) is 18.7. The van der Waals surface area contributed by atoms with E-state index in [0.29, 0.717) is 50.1 Å². The predicted molar refractivity (Wildman–Crippen MR) is 127 cm³/mol. The van der Waals surface area contributed by atoms with Gasteiger partial charge in [0.15, 0.2) is 15.6 Å². The van der Waals surface area contributed by atoms with E-state index in [1.54, 1.807) is 18.3 Å². The first-order valence-electron chi connectivity index (χ1n) is 9.60. The van der Waals surface area contributed by atoms with Gasteiger partial charge in [-0.15, -0.1) is 10.2 Å². The SMILES string of the molecule is O=c1cc(CSc2nnc(-c3ccc(Br)o3)n2Cc2ccccc2)nc2ccc(Cl)cn12. The van der Waals surface area contributed by atoms with Crippen LogP contribution in [0.1, 0.15) is 11.3 Å². The molecule has 0 unspecified atom stereocenters. The van der Waals surface area contributed by atoms with E-state index in [-0.39, 0.29) is 5.56 Å². The van der Waals surface area contributed by atoms with Crippen LogP contribution in [0, 0.1) is 0 Å². The third-order valence-electron chi connectivity index (χ3n) is 4.72. The first-order chi connectivity index (χ1) is 15.6. The van der Waals surface area contributed by atoms with Gasteiger partial charge in [-0.1, -0.05) is 53.7 Å². The molecule has 0 N–H and O–H groups in total. The van der Waals surface area contributed by atoms with Crippen LogP contribution in [0.15, 0.2) is 85.9 Å². The summed E-state index contributed by atoms with van der Waals surface area (Å²) in [5.41, 5.74) is 2.13. The van der Waals surface area contributed by atoms with Gasteiger partial charge in [-0.25, -0.2) is 4.98 Å². The molecule has 0 fully saturated rings. The number of thioether (sulfide) groups is 1. The Balaban J connectivity index is 1.47. The Morgan fingerprint density at radius 2 is 1.91 bits per heavy atom. The summed E-state index contributed by atoms with van der Waals surface area (Å²) in [4.78, 5) is 17.0. The Bertz CT molecular complexity index is 1460. The van der Waals surface area contributed by atoms with Crippen molar-refractivity contribution in [2.75, 3.05) is 0 Å². The first kappa shape index (κ1) is 21.0. The third kappa shape index (κ3) is 4.36. The van der Waals surface area contributed by atoms with Gasteiger partial charge in [0, 0.05) is 18.0 Å². The van der Waals surface area contributed by atoms with Crippen molar-refractivity contribution in [2.24, 2.45) is 0 Å². The number of hydrogen-bond acceptors (Lipinski definition) is 6. The van der Waals surface area contributed by atoms with Crippen LogP contribution in [0.25, 0.3) is 17.2 Å². The zero-order valence-corrected chi connectivity index (χ0v) is 19.6. The lowest BCUT2D eigenvalue weighted by molar-refractivity contribution is 0.545. The molecule has 1 aromatic carbocycles. The number of pyridine rings is 1. The lowest BCUT2D eigenvalue weighted by atomic mass is 10.2. The molecule has 0 aliphatic heterocycles. The number of rotatable bonds is 6. The topological polar surface area (TPSA) is 78.2 Å². The van der Waals surface area contributed by atoms with Gasteiger partial charge in [0.05, 0.1) is 17.3 Å². The zero-order chi connectivity index (χ0) is 22.1. The van der Waals surface area contributed by atoms with Crippen LogP contribution in [0.3, 0.4) is 0 Å². The fourth-order valence-electron chi connectivity index (χ4n) is 3.26. The molecular formula is C22H15BrClN5O2S. The molecule has 32 heavy (non-hydrogen) atoms. The maximum absolute atomic E-state index is 12.5. The van der Waals surface area contributed by atoms with Gasteiger partial charge in [-0.05, 0) is 45.8 Å². The summed E-state index contributed by atoms with van der Waals surface area (Å²) in [7, 11) is 0. The number of nitrogens with zero attached hydrogens (tertiary/aromatic N) is 5. The highest BCUT2D eigenvalue weighted by molar-refractivity contribution is 9.10. The highest BCUT2D eigenvalue weighted by Gasteiger charge is 2.18. The average molecular weight is 529 g/mol. The fourth-order valence-corrected chi connectivity index (χ4v) is 4.56. The monoisotopic (exact) mass is 527 g/mol. The van der Waals surface area contributed by atoms with Crippen molar-refractivity contribution in [1.82, 2.24) is 24.1 Å². The van der Waals surface area contributed by atoms with Gasteiger partial charge >= 0.3 is 0 Å². The van der Waals surface area contributed by atoms with Crippen molar-refractivity contribution in [3.63, 3.8) is 0 Å². The van der Waals surface area contributed by atoms with Gasteiger partial charge in [-0.2, -0.15) is 0 Å². The summed E-state index contributed by atoms with van der Waals surface area (Å²) in [6.07, 6.45) is 1.56. The molecule has 0 saturated heterocycles. The van der Waals surface area contributed by atoms with E-state index in [2.05, 4.69) is 31.1 Å². The van der Waals surface area contributed by atoms with Gasteiger partial charge in [0.25, 0.3) is 5.56 Å². The van der Waals surface area contributed by atoms with Gasteiger partial charge < -0.3 is 4.42 Å². The highest BCUT2D eigenvalue weighted by atomic mass is 79.9. The molecule has 0 radical (unpaired) electrons. The van der Waals surface area contributed by atoms with E-state index in [4.69, 9.17) is 16.0 Å². The second-order valence-corrected chi connectivity index (χ2v) is 9.09. The Hall–Kier alpha value is -2.88. The highest BCUT2D eigenvalue weighted by Crippen LogP contribution is 2.29. The molecule has 0 bridgehead atoms. The Kier molecular flexibility index (Phi) is 5.86. The van der Waals surface area contributed by atoms with Crippen LogP contribution in [0.5, 0.6) is 0 Å². The van der Waals surface area contributed by atoms with Crippen LogP contribution in [-0.4, -0.2) is 24.1 Å². The standard InChI is InChI=1S/C22H15BrClN5O2S/c23-18-8-7-17(31-18)21-26-27-22(29(21)11-14-4-2-1-3-5-14)32-13-16-10-20(30)28-12-15(24)6-9-19(28)25-16/h1-10,12H,11,13H2. The quantitative estimate of drug-likeness (QED) is 0.278. The van der Waals surface area contributed by atoms with Crippen molar-refractivity contribution >= 4 is 44.9 Å². The molecule has 4 aromatic heterocycles. The molecule has 0 aliphatic rings. The van der Waals surface area contributed by atoms with Crippen molar-refractivity contribution < 1.29 is 4.42 Å². The molecule has 5 rings (SSSR count). The normalized spacial score (nSPS) is 11.3. The van der Waals surface area contributed by atoms with Crippen molar-refractivity contribution in [3.8, 4) is 11.6 Å². The lowest BCUT2D eigenvalue weighted by Crippen LogP contribution is -2.15. The van der Waals surface area contributed by atoms with Crippen LogP contribution >= 0.6 is 39.3 Å². The summed E-state index contributed by atoms with van der Waals surface area (Å²) in [5.74, 6) is 1.71. The van der Waals surface area contributed by atoms with Crippen LogP contribution in [0.2, 0.25) is 5.02 Å². The molecule has 0 spiro atoms. The number of benzene rings is 1. The summed E-state index contributed by atoms with van der Waals surface area (Å²) >= 11 is 10.8. The first-order valence-corrected chi connectivity index (χ1v) is 11.8. The largest absolute Gasteiger partial charge is 0.446 e. The smallest absolute Gasteiger partial charge is 0.258 e. The Morgan fingerprint density at radius 1 is 1.06 bits per heavy atom. The second kappa shape index (κ2) is 8.93. The average Bonchev–Trinajstić information content (AvgIpc) is 3.39. The van der Waals surface area contributed by atoms with Gasteiger partial charge in [0.2, 0.25) is 5.82 Å². The molecule has 0 atom stereocenters. The van der Waals surface area contributed by atoms with Crippen molar-refractivity contribution in [1.29, 1.82) is 0 Å². The molecule has 0 saturated carbocycles. The Labute approximate surface area is 200 Å². The van der Waals surface area contributed by atoms with Crippen LogP contribution in [0.4, 0.5) is 0 Å². The summed E-state index contributed by atoms with van der Waals surface area (Å²) < 4.78 is 9.77. The molecule has 5 aromatic rings. The van der Waals surface area contributed by atoms with Gasteiger partial charge in [-0.3, -0.25) is 13.8 Å². The lowest BCUT2D eigenvalue weighted by Gasteiger charge is -2.09. The number of fused-ring (bicyclic) bond motifs is 1. The predicted octanol–water partition coefficient (Wildman–Crippen LogP) is 5.30. The maximum Gasteiger partial charge on any atom is 0.258 e. The van der Waals surface area contributed by atoms with E-state index < -0.39 is 0 Å². The number of aromatic nitrogens is 5. The zero-order valence-electron chi connectivity index (χ0n) is 16.5. The molecule has 0 amide bonds. The third-order valence-corrected chi connectivity index (χ3v) is 6.37. The van der Waals surface area contributed by atoms with Crippen molar-refractivity contribution in [2.45, 2.75) is 17.5 Å². The second-order valence-electron chi connectivity index (χ2n) is 6.93. The minimum absolute atomic E-state index is 0.181. The van der Waals surface area contributed by atoms with Gasteiger partial charge in [0.1, 0.15) is 5.65 Å². The molecule has 0 aliphatic carbocycles. The molecule has 160 valence electrons. The minimum atomic E-state index is -0.181. The van der Waals surface area contributed by atoms with E-state index in [1.165, 1.54) is 22.2 Å². The van der Waals surface area contributed by atoms with E-state index in [9.17, 15) is 4.79 Å². The molecule has 7 nitrogen and oxygen atoms in total. The summed E-state index contributed by atoms with van der Waals surface area (Å²) in [5, 5.41) is 9.93. The van der Waals surface area contributed by atoms with Crippen LogP contribution in [-0.2, 0) is 12.3 Å². The molecule has 4 heterocycles. The van der Waals surface area contributed by atoms with E-state index in [1.807, 2.05) is 47.0 Å². The molecular weight excluding hydrogens is 514 g/mol. The Morgan fingerprint density at radius 3 is 2.69 bits per heavy atom. The van der Waals surface area contributed by atoms with Crippen LogP contribution < -0.4 is 5.56 Å². The maximum atomic E-state index is 12.5. The summed E-state index contributed by atoms with van der Waals surface area (Å²) in [6.45, 7) is 0.579. The minimum Gasteiger partial charge on any atom is -0.446 e.